The largest absolute Gasteiger partial charge is 0.466 e. The van der Waals surface area contributed by atoms with Gasteiger partial charge in [-0.25, -0.2) is 9.59 Å². The Kier molecular flexibility index (Phi) is 6.23. The first-order chi connectivity index (χ1) is 11.5. The Morgan fingerprint density at radius 3 is 2.67 bits per heavy atom. The number of esters is 2. The van der Waals surface area contributed by atoms with Crippen LogP contribution in [0.3, 0.4) is 0 Å². The molecule has 0 saturated carbocycles. The molecule has 1 aliphatic rings. The maximum atomic E-state index is 11.9. The first-order valence-electron chi connectivity index (χ1n) is 8.04. The molecule has 1 aromatic carbocycles. The van der Waals surface area contributed by atoms with Crippen LogP contribution >= 0.6 is 0 Å². The number of anilines is 2. The Balaban J connectivity index is 2.28. The van der Waals surface area contributed by atoms with Crippen molar-refractivity contribution in [3.05, 3.63) is 36.0 Å². The van der Waals surface area contributed by atoms with Crippen molar-refractivity contribution < 1.29 is 19.1 Å². The first kappa shape index (κ1) is 17.8. The van der Waals surface area contributed by atoms with E-state index >= 15 is 0 Å². The van der Waals surface area contributed by atoms with Crippen LogP contribution in [0.5, 0.6) is 0 Å². The van der Waals surface area contributed by atoms with Gasteiger partial charge < -0.3 is 19.7 Å². The molecular formula is C18H24N2O4. The molecule has 0 amide bonds. The summed E-state index contributed by atoms with van der Waals surface area (Å²) in [5.74, 6) is -0.619. The van der Waals surface area contributed by atoms with E-state index in [4.69, 9.17) is 4.74 Å². The van der Waals surface area contributed by atoms with Gasteiger partial charge in [0, 0.05) is 13.1 Å². The average molecular weight is 332 g/mol. The quantitative estimate of drug-likeness (QED) is 0.660. The molecule has 1 aromatic rings. The molecule has 1 saturated heterocycles. The Labute approximate surface area is 142 Å². The summed E-state index contributed by atoms with van der Waals surface area (Å²) in [6, 6.07) is 7.73. The minimum atomic E-state index is -0.623. The Bertz CT molecular complexity index is 627. The molecular weight excluding hydrogens is 308 g/mol. The SMILES string of the molecule is COC(=O)/C=C(/Nc1ccccc1N1CCCC(C)C1)C(=O)OC. The molecule has 2 rings (SSSR count). The van der Waals surface area contributed by atoms with E-state index in [-0.39, 0.29) is 5.70 Å². The van der Waals surface area contributed by atoms with E-state index in [1.54, 1.807) is 0 Å². The van der Waals surface area contributed by atoms with Gasteiger partial charge in [0.1, 0.15) is 5.70 Å². The van der Waals surface area contributed by atoms with Gasteiger partial charge in [0.05, 0.1) is 31.7 Å². The molecule has 1 fully saturated rings. The number of carbonyl (C=O) groups excluding carboxylic acids is 2. The summed E-state index contributed by atoms with van der Waals surface area (Å²) < 4.78 is 9.34. The highest BCUT2D eigenvalue weighted by Crippen LogP contribution is 2.30. The van der Waals surface area contributed by atoms with Crippen molar-refractivity contribution >= 4 is 23.3 Å². The number of hydrogen-bond acceptors (Lipinski definition) is 6. The lowest BCUT2D eigenvalue weighted by Gasteiger charge is -2.34. The molecule has 24 heavy (non-hydrogen) atoms. The minimum Gasteiger partial charge on any atom is -0.466 e. The predicted octanol–water partition coefficient (Wildman–Crippen LogP) is 2.56. The summed E-state index contributed by atoms with van der Waals surface area (Å²) in [5.41, 5.74) is 1.80. The fraction of sp³-hybridized carbons (Fsp3) is 0.444. The van der Waals surface area contributed by atoms with Crippen molar-refractivity contribution in [1.82, 2.24) is 0 Å². The summed E-state index contributed by atoms with van der Waals surface area (Å²) in [6.45, 7) is 4.17. The van der Waals surface area contributed by atoms with Gasteiger partial charge in [0.2, 0.25) is 0 Å². The van der Waals surface area contributed by atoms with E-state index in [9.17, 15) is 9.59 Å². The third-order valence-corrected chi connectivity index (χ3v) is 4.04. The monoisotopic (exact) mass is 332 g/mol. The van der Waals surface area contributed by atoms with Gasteiger partial charge in [-0.15, -0.1) is 0 Å². The third kappa shape index (κ3) is 4.50. The fourth-order valence-corrected chi connectivity index (χ4v) is 2.84. The second kappa shape index (κ2) is 8.38. The van der Waals surface area contributed by atoms with Crippen molar-refractivity contribution in [3.8, 4) is 0 Å². The second-order valence-corrected chi connectivity index (χ2v) is 5.91. The summed E-state index contributed by atoms with van der Waals surface area (Å²) in [5, 5.41) is 3.02. The van der Waals surface area contributed by atoms with Crippen molar-refractivity contribution in [2.75, 3.05) is 37.5 Å². The minimum absolute atomic E-state index is 0.0434. The van der Waals surface area contributed by atoms with Crippen molar-refractivity contribution in [1.29, 1.82) is 0 Å². The van der Waals surface area contributed by atoms with Gasteiger partial charge in [0.15, 0.2) is 0 Å². The third-order valence-electron chi connectivity index (χ3n) is 4.04. The predicted molar refractivity (Wildman–Crippen MR) is 92.8 cm³/mol. The number of para-hydroxylation sites is 2. The Hall–Kier alpha value is -2.50. The van der Waals surface area contributed by atoms with Crippen LogP contribution in [0.1, 0.15) is 19.8 Å². The fourth-order valence-electron chi connectivity index (χ4n) is 2.84. The number of nitrogens with zero attached hydrogens (tertiary/aromatic N) is 1. The smallest absolute Gasteiger partial charge is 0.354 e. The molecule has 1 atom stereocenters. The molecule has 0 aliphatic carbocycles. The standard InChI is InChI=1S/C18H24N2O4/c1-13-7-6-10-20(12-13)16-9-5-4-8-14(16)19-15(18(22)24-3)11-17(21)23-2/h4-5,8-9,11,13,19H,6-7,10,12H2,1-3H3/b15-11+. The van der Waals surface area contributed by atoms with Crippen LogP contribution in [0.4, 0.5) is 11.4 Å². The van der Waals surface area contributed by atoms with Crippen LogP contribution in [-0.2, 0) is 19.1 Å². The van der Waals surface area contributed by atoms with Gasteiger partial charge in [-0.2, -0.15) is 0 Å². The van der Waals surface area contributed by atoms with Crippen LogP contribution in [0, 0.1) is 5.92 Å². The summed E-state index contributed by atoms with van der Waals surface area (Å²) >= 11 is 0. The molecule has 1 aliphatic heterocycles. The Morgan fingerprint density at radius 2 is 2.00 bits per heavy atom. The van der Waals surface area contributed by atoms with Crippen molar-refractivity contribution in [2.24, 2.45) is 5.92 Å². The highest BCUT2D eigenvalue weighted by atomic mass is 16.5. The second-order valence-electron chi connectivity index (χ2n) is 5.91. The topological polar surface area (TPSA) is 67.9 Å². The number of piperidine rings is 1. The number of nitrogens with one attached hydrogen (secondary N) is 1. The molecule has 0 bridgehead atoms. The maximum absolute atomic E-state index is 11.9. The van der Waals surface area contributed by atoms with E-state index in [1.807, 2.05) is 24.3 Å². The van der Waals surface area contributed by atoms with Crippen LogP contribution < -0.4 is 10.2 Å². The first-order valence-corrected chi connectivity index (χ1v) is 8.04. The molecule has 1 N–H and O–H groups in total. The molecule has 1 heterocycles. The zero-order valence-corrected chi connectivity index (χ0v) is 14.4. The normalized spacial score (nSPS) is 18.0. The molecule has 0 spiro atoms. The summed E-state index contributed by atoms with van der Waals surface area (Å²) in [6.07, 6.45) is 3.46. The molecule has 6 heteroatoms. The average Bonchev–Trinajstić information content (AvgIpc) is 2.60. The molecule has 0 radical (unpaired) electrons. The lowest BCUT2D eigenvalue weighted by Crippen LogP contribution is -2.34. The Morgan fingerprint density at radius 1 is 1.25 bits per heavy atom. The highest BCUT2D eigenvalue weighted by Gasteiger charge is 2.20. The van der Waals surface area contributed by atoms with Crippen LogP contribution in [0.2, 0.25) is 0 Å². The van der Waals surface area contributed by atoms with Gasteiger partial charge in [0.25, 0.3) is 0 Å². The highest BCUT2D eigenvalue weighted by molar-refractivity contribution is 5.99. The number of carbonyl (C=O) groups is 2. The van der Waals surface area contributed by atoms with Crippen molar-refractivity contribution in [3.63, 3.8) is 0 Å². The molecule has 1 unspecified atom stereocenters. The lowest BCUT2D eigenvalue weighted by molar-refractivity contribution is -0.138. The van der Waals surface area contributed by atoms with E-state index in [2.05, 4.69) is 21.9 Å². The number of rotatable bonds is 5. The summed E-state index contributed by atoms with van der Waals surface area (Å²) in [4.78, 5) is 25.7. The van der Waals surface area contributed by atoms with Crippen LogP contribution in [0.15, 0.2) is 36.0 Å². The maximum Gasteiger partial charge on any atom is 0.354 e. The van der Waals surface area contributed by atoms with Gasteiger partial charge >= 0.3 is 11.9 Å². The van der Waals surface area contributed by atoms with E-state index in [1.165, 1.54) is 20.6 Å². The zero-order chi connectivity index (χ0) is 17.5. The molecule has 0 aromatic heterocycles. The van der Waals surface area contributed by atoms with Crippen LogP contribution in [-0.4, -0.2) is 39.2 Å². The van der Waals surface area contributed by atoms with Gasteiger partial charge in [-0.1, -0.05) is 19.1 Å². The van der Waals surface area contributed by atoms with Crippen LogP contribution in [0.25, 0.3) is 0 Å². The number of ether oxygens (including phenoxy) is 2. The molecule has 130 valence electrons. The van der Waals surface area contributed by atoms with E-state index in [0.717, 1.165) is 37.0 Å². The number of methoxy groups -OCH3 is 2. The number of benzene rings is 1. The van der Waals surface area contributed by atoms with Gasteiger partial charge in [-0.05, 0) is 30.9 Å². The van der Waals surface area contributed by atoms with Gasteiger partial charge in [-0.3, -0.25) is 0 Å². The van der Waals surface area contributed by atoms with E-state index < -0.39 is 11.9 Å². The van der Waals surface area contributed by atoms with Crippen molar-refractivity contribution in [2.45, 2.75) is 19.8 Å². The zero-order valence-electron chi connectivity index (χ0n) is 14.4. The lowest BCUT2D eigenvalue weighted by atomic mass is 9.99. The molecule has 6 nitrogen and oxygen atoms in total. The number of hydrogen-bond donors (Lipinski definition) is 1. The van der Waals surface area contributed by atoms with E-state index in [0.29, 0.717) is 5.92 Å². The summed E-state index contributed by atoms with van der Waals surface area (Å²) in [7, 11) is 2.53.